The predicted molar refractivity (Wildman–Crippen MR) is 89.2 cm³/mol. The van der Waals surface area contributed by atoms with Gasteiger partial charge in [-0.25, -0.2) is 4.99 Å². The van der Waals surface area contributed by atoms with Crippen LogP contribution in [0.1, 0.15) is 58.3 Å². The normalized spacial score (nSPS) is 16.0. The van der Waals surface area contributed by atoms with Crippen molar-refractivity contribution in [3.63, 3.8) is 0 Å². The van der Waals surface area contributed by atoms with E-state index in [1.807, 2.05) is 11.8 Å². The maximum Gasteiger partial charge on any atom is 0.158 e. The van der Waals surface area contributed by atoms with Crippen LogP contribution < -0.4 is 5.32 Å². The van der Waals surface area contributed by atoms with Crippen LogP contribution in [0.25, 0.3) is 0 Å². The number of rotatable bonds is 11. The van der Waals surface area contributed by atoms with Crippen LogP contribution in [0.15, 0.2) is 4.99 Å². The molecule has 0 atom stereocenters. The average Bonchev–Trinajstić information content (AvgIpc) is 2.47. The number of aliphatic imine (C=N–C) groups is 1. The molecule has 0 fully saturated rings. The molecule has 0 aromatic carbocycles. The Bertz CT molecular complexity index is 262. The Kier molecular flexibility index (Phi) is 11.1. The molecule has 2 N–H and O–H groups in total. The molecule has 0 aromatic rings. The summed E-state index contributed by atoms with van der Waals surface area (Å²) in [5, 5.41) is 13.2. The fourth-order valence-electron chi connectivity index (χ4n) is 2.24. The maximum absolute atomic E-state index is 8.85. The average molecular weight is 302 g/mol. The molecule has 1 heterocycles. The third kappa shape index (κ3) is 8.82. The van der Waals surface area contributed by atoms with Crippen molar-refractivity contribution in [2.45, 2.75) is 58.3 Å². The van der Waals surface area contributed by atoms with Crippen molar-refractivity contribution >= 4 is 16.9 Å². The molecule has 0 bridgehead atoms. The van der Waals surface area contributed by atoms with Gasteiger partial charge in [0.05, 0.1) is 19.9 Å². The first-order valence-electron chi connectivity index (χ1n) is 8.11. The van der Waals surface area contributed by atoms with E-state index in [2.05, 4.69) is 22.1 Å². The lowest BCUT2D eigenvalue weighted by molar-refractivity contribution is 0.192. The highest BCUT2D eigenvalue weighted by Gasteiger charge is 2.10. The Hall–Kier alpha value is -0.260. The number of hydrogen-bond acceptors (Lipinski definition) is 5. The summed E-state index contributed by atoms with van der Waals surface area (Å²) in [5.41, 5.74) is 0. The monoisotopic (exact) mass is 301 g/mol. The molecule has 0 saturated heterocycles. The van der Waals surface area contributed by atoms with E-state index in [-0.39, 0.29) is 6.61 Å². The Morgan fingerprint density at radius 3 is 2.45 bits per heavy atom. The van der Waals surface area contributed by atoms with E-state index >= 15 is 0 Å². The third-order valence-corrected chi connectivity index (χ3v) is 4.56. The molecule has 1 rings (SSSR count). The summed E-state index contributed by atoms with van der Waals surface area (Å²) in [6.45, 7) is 4.70. The first kappa shape index (κ1) is 17.8. The molecular weight excluding hydrogens is 270 g/mol. The quantitative estimate of drug-likeness (QED) is 0.576. The number of aliphatic hydroxyl groups excluding tert-OH is 1. The highest BCUT2D eigenvalue weighted by Crippen LogP contribution is 2.12. The zero-order valence-corrected chi connectivity index (χ0v) is 13.8. The second-order valence-corrected chi connectivity index (χ2v) is 6.46. The van der Waals surface area contributed by atoms with Crippen molar-refractivity contribution in [2.24, 2.45) is 4.99 Å². The molecule has 0 aliphatic carbocycles. The Labute approximate surface area is 128 Å². The molecule has 5 heteroatoms. The van der Waals surface area contributed by atoms with Gasteiger partial charge in [-0.05, 0) is 6.42 Å². The van der Waals surface area contributed by atoms with Crippen molar-refractivity contribution in [1.29, 1.82) is 0 Å². The largest absolute Gasteiger partial charge is 0.395 e. The first-order valence-corrected chi connectivity index (χ1v) is 9.09. The molecule has 0 radical (unpaired) electrons. The fourth-order valence-corrected chi connectivity index (χ4v) is 3.10. The summed E-state index contributed by atoms with van der Waals surface area (Å²) in [6.07, 6.45) is 11.0. The minimum Gasteiger partial charge on any atom is -0.395 e. The van der Waals surface area contributed by atoms with Gasteiger partial charge < -0.3 is 10.4 Å². The van der Waals surface area contributed by atoms with Gasteiger partial charge in [0.25, 0.3) is 0 Å². The van der Waals surface area contributed by atoms with Gasteiger partial charge in [0.15, 0.2) is 5.17 Å². The standard InChI is InChI=1S/C15H31N3OS/c1-2-3-4-5-6-7-8-9-12-20-15-16-13-18(10-11-19)14-17-15/h19H,2-14H2,1H3,(H,16,17). The number of aliphatic hydroxyl groups is 1. The van der Waals surface area contributed by atoms with E-state index in [1.54, 1.807) is 0 Å². The third-order valence-electron chi connectivity index (χ3n) is 3.52. The van der Waals surface area contributed by atoms with Gasteiger partial charge in [0, 0.05) is 12.3 Å². The van der Waals surface area contributed by atoms with Crippen molar-refractivity contribution in [3.05, 3.63) is 0 Å². The Morgan fingerprint density at radius 2 is 1.85 bits per heavy atom. The SMILES string of the molecule is CCCCCCCCCCSC1=NCN(CCO)CN1. The summed E-state index contributed by atoms with van der Waals surface area (Å²) in [6, 6.07) is 0. The summed E-state index contributed by atoms with van der Waals surface area (Å²) in [4.78, 5) is 6.58. The lowest BCUT2D eigenvalue weighted by Crippen LogP contribution is -2.42. The van der Waals surface area contributed by atoms with E-state index in [1.165, 1.54) is 57.1 Å². The molecule has 118 valence electrons. The molecule has 0 saturated carbocycles. The number of hydrogen-bond donors (Lipinski definition) is 2. The van der Waals surface area contributed by atoms with Gasteiger partial charge in [-0.15, -0.1) is 0 Å². The molecule has 0 unspecified atom stereocenters. The second kappa shape index (κ2) is 12.5. The number of β-amino-alcohol motifs (C(OH)–C–C–N with tert-alkyl or cyclic N) is 1. The summed E-state index contributed by atoms with van der Waals surface area (Å²) >= 11 is 1.84. The minimum absolute atomic E-state index is 0.206. The van der Waals surface area contributed by atoms with E-state index in [4.69, 9.17) is 5.11 Å². The summed E-state index contributed by atoms with van der Waals surface area (Å²) in [5.74, 6) is 1.17. The van der Waals surface area contributed by atoms with Crippen molar-refractivity contribution in [2.75, 3.05) is 32.2 Å². The van der Waals surface area contributed by atoms with Crippen LogP contribution in [-0.2, 0) is 0 Å². The number of unbranched alkanes of at least 4 members (excludes halogenated alkanes) is 7. The smallest absolute Gasteiger partial charge is 0.158 e. The maximum atomic E-state index is 8.85. The lowest BCUT2D eigenvalue weighted by atomic mass is 10.1. The second-order valence-electron chi connectivity index (χ2n) is 5.38. The molecule has 1 aliphatic heterocycles. The van der Waals surface area contributed by atoms with Gasteiger partial charge in [-0.3, -0.25) is 4.90 Å². The number of nitrogens with zero attached hydrogens (tertiary/aromatic N) is 2. The Balaban J connectivity index is 1.89. The number of nitrogens with one attached hydrogen (secondary N) is 1. The van der Waals surface area contributed by atoms with Crippen LogP contribution >= 0.6 is 11.8 Å². The lowest BCUT2D eigenvalue weighted by Gasteiger charge is -2.25. The molecule has 4 nitrogen and oxygen atoms in total. The van der Waals surface area contributed by atoms with Gasteiger partial charge in [-0.1, -0.05) is 63.6 Å². The van der Waals surface area contributed by atoms with Gasteiger partial charge >= 0.3 is 0 Å². The van der Waals surface area contributed by atoms with Crippen LogP contribution in [0.2, 0.25) is 0 Å². The molecule has 0 aromatic heterocycles. The van der Waals surface area contributed by atoms with Crippen molar-refractivity contribution in [3.8, 4) is 0 Å². The van der Waals surface area contributed by atoms with Crippen LogP contribution in [0.4, 0.5) is 0 Å². The fraction of sp³-hybridized carbons (Fsp3) is 0.933. The summed E-state index contributed by atoms with van der Waals surface area (Å²) < 4.78 is 0. The topological polar surface area (TPSA) is 47.9 Å². The van der Waals surface area contributed by atoms with Crippen LogP contribution in [0, 0.1) is 0 Å². The molecule has 1 aliphatic rings. The van der Waals surface area contributed by atoms with E-state index < -0.39 is 0 Å². The van der Waals surface area contributed by atoms with Crippen LogP contribution in [0.3, 0.4) is 0 Å². The number of amidine groups is 1. The summed E-state index contributed by atoms with van der Waals surface area (Å²) in [7, 11) is 0. The van der Waals surface area contributed by atoms with Crippen molar-refractivity contribution in [1.82, 2.24) is 10.2 Å². The first-order chi connectivity index (χ1) is 9.86. The van der Waals surface area contributed by atoms with Gasteiger partial charge in [-0.2, -0.15) is 0 Å². The van der Waals surface area contributed by atoms with Gasteiger partial charge in [0.1, 0.15) is 0 Å². The van der Waals surface area contributed by atoms with E-state index in [0.29, 0.717) is 13.2 Å². The molecule has 0 amide bonds. The molecular formula is C15H31N3OS. The number of thioether (sulfide) groups is 1. The zero-order valence-electron chi connectivity index (χ0n) is 12.9. The predicted octanol–water partition coefficient (Wildman–Crippen LogP) is 3.03. The van der Waals surface area contributed by atoms with Gasteiger partial charge in [0.2, 0.25) is 0 Å². The van der Waals surface area contributed by atoms with E-state index in [0.717, 1.165) is 11.8 Å². The van der Waals surface area contributed by atoms with Crippen LogP contribution in [-0.4, -0.2) is 47.4 Å². The molecule has 20 heavy (non-hydrogen) atoms. The highest BCUT2D eigenvalue weighted by atomic mass is 32.2. The van der Waals surface area contributed by atoms with E-state index in [9.17, 15) is 0 Å². The zero-order chi connectivity index (χ0) is 14.5. The Morgan fingerprint density at radius 1 is 1.15 bits per heavy atom. The van der Waals surface area contributed by atoms with Crippen LogP contribution in [0.5, 0.6) is 0 Å². The minimum atomic E-state index is 0.206. The highest BCUT2D eigenvalue weighted by molar-refractivity contribution is 8.13. The van der Waals surface area contributed by atoms with Crippen molar-refractivity contribution < 1.29 is 5.11 Å². The molecule has 0 spiro atoms.